The molecule has 2 aromatic heterocycles. The molecule has 2 heterocycles. The summed E-state index contributed by atoms with van der Waals surface area (Å²) in [6, 6.07) is 7.39. The fourth-order valence-corrected chi connectivity index (χ4v) is 3.34. The number of tetrazole rings is 1. The molecule has 146 valence electrons. The Morgan fingerprint density at radius 1 is 1.32 bits per heavy atom. The van der Waals surface area contributed by atoms with Crippen LogP contribution in [0.2, 0.25) is 0 Å². The summed E-state index contributed by atoms with van der Waals surface area (Å²) >= 11 is 1.38. The van der Waals surface area contributed by atoms with Gasteiger partial charge in [-0.25, -0.2) is 4.98 Å². The minimum atomic E-state index is -0.354. The predicted molar refractivity (Wildman–Crippen MR) is 109 cm³/mol. The van der Waals surface area contributed by atoms with Crippen LogP contribution < -0.4 is 10.1 Å². The number of hydrogen-bond donors (Lipinski definition) is 1. The second-order valence-electron chi connectivity index (χ2n) is 7.19. The number of nitrogens with one attached hydrogen (secondary N) is 1. The van der Waals surface area contributed by atoms with Crippen LogP contribution in [0.15, 0.2) is 29.6 Å². The van der Waals surface area contributed by atoms with Gasteiger partial charge in [0, 0.05) is 10.8 Å². The maximum Gasteiger partial charge on any atom is 0.276 e. The first kappa shape index (κ1) is 19.7. The molecule has 1 N–H and O–H groups in total. The van der Waals surface area contributed by atoms with Crippen LogP contribution in [-0.4, -0.2) is 38.2 Å². The van der Waals surface area contributed by atoms with Crippen molar-refractivity contribution in [1.29, 1.82) is 0 Å². The summed E-state index contributed by atoms with van der Waals surface area (Å²) in [6.45, 7) is 7.96. The van der Waals surface area contributed by atoms with E-state index in [1.807, 2.05) is 29.6 Å². The molecule has 0 bridgehead atoms. The zero-order chi connectivity index (χ0) is 20.3. The Morgan fingerprint density at radius 3 is 2.71 bits per heavy atom. The van der Waals surface area contributed by atoms with Crippen LogP contribution in [0.25, 0.3) is 11.8 Å². The number of amides is 1. The molecule has 3 rings (SSSR count). The number of rotatable bonds is 5. The van der Waals surface area contributed by atoms with Crippen LogP contribution >= 0.6 is 11.3 Å². The fourth-order valence-electron chi connectivity index (χ4n) is 2.40. The van der Waals surface area contributed by atoms with Crippen molar-refractivity contribution < 1.29 is 9.53 Å². The van der Waals surface area contributed by atoms with E-state index >= 15 is 0 Å². The molecule has 0 saturated heterocycles. The number of carbonyl (C=O) groups is 1. The Hall–Kier alpha value is -3.07. The Kier molecular flexibility index (Phi) is 5.55. The molecule has 3 aromatic rings. The first-order valence-electron chi connectivity index (χ1n) is 8.66. The number of benzene rings is 1. The third-order valence-corrected chi connectivity index (χ3v) is 4.73. The molecule has 0 radical (unpaired) electrons. The highest BCUT2D eigenvalue weighted by Gasteiger charge is 2.21. The largest absolute Gasteiger partial charge is 0.497 e. The van der Waals surface area contributed by atoms with Crippen LogP contribution in [0.4, 0.5) is 5.13 Å². The molecule has 1 amide bonds. The van der Waals surface area contributed by atoms with E-state index in [0.717, 1.165) is 11.3 Å². The molecule has 0 spiro atoms. The topological polar surface area (TPSA) is 94.8 Å². The number of ether oxygens (including phenoxy) is 1. The maximum absolute atomic E-state index is 13.0. The van der Waals surface area contributed by atoms with Gasteiger partial charge in [0.1, 0.15) is 11.4 Å². The zero-order valence-electron chi connectivity index (χ0n) is 16.4. The predicted octanol–water partition coefficient (Wildman–Crippen LogP) is 3.38. The van der Waals surface area contributed by atoms with Gasteiger partial charge in [0.2, 0.25) is 0 Å². The molecule has 0 atom stereocenters. The summed E-state index contributed by atoms with van der Waals surface area (Å²) in [5.74, 6) is 0.837. The van der Waals surface area contributed by atoms with Crippen LogP contribution in [0.5, 0.6) is 5.75 Å². The van der Waals surface area contributed by atoms with Crippen LogP contribution in [0.3, 0.4) is 0 Å². The second-order valence-corrected chi connectivity index (χ2v) is 8.04. The van der Waals surface area contributed by atoms with Crippen molar-refractivity contribution in [2.75, 3.05) is 12.4 Å². The van der Waals surface area contributed by atoms with Gasteiger partial charge in [-0.1, -0.05) is 32.9 Å². The van der Waals surface area contributed by atoms with Gasteiger partial charge in [0.25, 0.3) is 5.91 Å². The molecule has 0 aliphatic heterocycles. The third kappa shape index (κ3) is 4.42. The summed E-state index contributed by atoms with van der Waals surface area (Å²) < 4.78 is 6.65. The molecule has 0 aliphatic rings. The van der Waals surface area contributed by atoms with Crippen LogP contribution in [0, 0.1) is 6.92 Å². The highest BCUT2D eigenvalue weighted by Crippen LogP contribution is 2.27. The van der Waals surface area contributed by atoms with E-state index in [1.54, 1.807) is 20.1 Å². The lowest BCUT2D eigenvalue weighted by Gasteiger charge is -2.14. The lowest BCUT2D eigenvalue weighted by Crippen LogP contribution is -2.20. The highest BCUT2D eigenvalue weighted by molar-refractivity contribution is 7.14. The van der Waals surface area contributed by atoms with Crippen molar-refractivity contribution in [3.05, 3.63) is 46.7 Å². The summed E-state index contributed by atoms with van der Waals surface area (Å²) in [4.78, 5) is 17.5. The Bertz CT molecular complexity index is 1020. The second kappa shape index (κ2) is 7.89. The first-order valence-corrected chi connectivity index (χ1v) is 9.54. The van der Waals surface area contributed by atoms with Gasteiger partial charge in [0.05, 0.1) is 12.8 Å². The normalized spacial score (nSPS) is 12.1. The summed E-state index contributed by atoms with van der Waals surface area (Å²) in [5.41, 5.74) is 1.90. The monoisotopic (exact) mass is 398 g/mol. The molecular formula is C19H22N6O2S. The molecular weight excluding hydrogens is 376 g/mol. The number of methoxy groups -OCH3 is 1. The highest BCUT2D eigenvalue weighted by atomic mass is 32.1. The Balaban J connectivity index is 1.95. The fraction of sp³-hybridized carbons (Fsp3) is 0.316. The molecule has 0 unspecified atom stereocenters. The number of carbonyl (C=O) groups excluding carboxylic acids is 1. The number of aromatic nitrogens is 5. The van der Waals surface area contributed by atoms with Gasteiger partial charge in [-0.3, -0.25) is 10.1 Å². The quantitative estimate of drug-likeness (QED) is 0.662. The molecule has 1 aromatic carbocycles. The molecule has 8 nitrogen and oxygen atoms in total. The molecule has 0 fully saturated rings. The lowest BCUT2D eigenvalue weighted by atomic mass is 9.93. The van der Waals surface area contributed by atoms with Gasteiger partial charge in [0.15, 0.2) is 11.0 Å². The van der Waals surface area contributed by atoms with E-state index in [0.29, 0.717) is 16.7 Å². The molecule has 0 saturated carbocycles. The van der Waals surface area contributed by atoms with E-state index in [2.05, 4.69) is 46.6 Å². The van der Waals surface area contributed by atoms with E-state index in [4.69, 9.17) is 4.74 Å². The SMILES string of the molecule is COc1cccc(/C=C(/C(=O)Nc2nc(C(C)(C)C)cs2)n2nnnc2C)c1. The number of thiazole rings is 1. The van der Waals surface area contributed by atoms with E-state index in [9.17, 15) is 4.79 Å². The minimum Gasteiger partial charge on any atom is -0.497 e. The standard InChI is InChI=1S/C19H22N6O2S/c1-12-22-23-24-25(12)15(10-13-7-6-8-14(9-13)27-5)17(26)21-18-20-16(11-28-18)19(2,3)4/h6-11H,1-5H3,(H,20,21,26)/b15-10-. The molecule has 9 heteroatoms. The smallest absolute Gasteiger partial charge is 0.276 e. The maximum atomic E-state index is 13.0. The summed E-state index contributed by atoms with van der Waals surface area (Å²) in [6.07, 6.45) is 1.71. The van der Waals surface area contributed by atoms with Crippen molar-refractivity contribution in [2.45, 2.75) is 33.1 Å². The van der Waals surface area contributed by atoms with Crippen molar-refractivity contribution in [2.24, 2.45) is 0 Å². The minimum absolute atomic E-state index is 0.0921. The molecule has 0 aliphatic carbocycles. The number of anilines is 1. The van der Waals surface area contributed by atoms with Crippen molar-refractivity contribution in [3.8, 4) is 5.75 Å². The first-order chi connectivity index (χ1) is 13.3. The van der Waals surface area contributed by atoms with Gasteiger partial charge in [-0.05, 0) is 41.1 Å². The van der Waals surface area contributed by atoms with E-state index < -0.39 is 0 Å². The number of aryl methyl sites for hydroxylation is 1. The van der Waals surface area contributed by atoms with Gasteiger partial charge >= 0.3 is 0 Å². The van der Waals surface area contributed by atoms with E-state index in [1.165, 1.54) is 16.0 Å². The Morgan fingerprint density at radius 2 is 2.11 bits per heavy atom. The van der Waals surface area contributed by atoms with Crippen LogP contribution in [0.1, 0.15) is 37.9 Å². The van der Waals surface area contributed by atoms with Gasteiger partial charge in [-0.15, -0.1) is 16.4 Å². The third-order valence-electron chi connectivity index (χ3n) is 3.98. The average molecular weight is 398 g/mol. The van der Waals surface area contributed by atoms with Crippen molar-refractivity contribution in [1.82, 2.24) is 25.2 Å². The van der Waals surface area contributed by atoms with Crippen molar-refractivity contribution in [3.63, 3.8) is 0 Å². The van der Waals surface area contributed by atoms with Crippen molar-refractivity contribution >= 4 is 34.1 Å². The lowest BCUT2D eigenvalue weighted by molar-refractivity contribution is -0.111. The number of hydrogen-bond acceptors (Lipinski definition) is 7. The van der Waals surface area contributed by atoms with Crippen LogP contribution in [-0.2, 0) is 10.2 Å². The summed E-state index contributed by atoms with van der Waals surface area (Å²) in [5, 5.41) is 16.8. The van der Waals surface area contributed by atoms with E-state index in [-0.39, 0.29) is 17.0 Å². The van der Waals surface area contributed by atoms with Gasteiger partial charge < -0.3 is 4.74 Å². The average Bonchev–Trinajstić information content (AvgIpc) is 3.28. The van der Waals surface area contributed by atoms with Gasteiger partial charge in [-0.2, -0.15) is 4.68 Å². The number of nitrogens with zero attached hydrogens (tertiary/aromatic N) is 5. The Labute approximate surface area is 167 Å². The zero-order valence-corrected chi connectivity index (χ0v) is 17.2. The molecule has 28 heavy (non-hydrogen) atoms. The summed E-state index contributed by atoms with van der Waals surface area (Å²) in [7, 11) is 1.59.